The van der Waals surface area contributed by atoms with Crippen LogP contribution in [0.4, 0.5) is 0 Å². The van der Waals surface area contributed by atoms with Gasteiger partial charge in [-0.2, -0.15) is 0 Å². The predicted octanol–water partition coefficient (Wildman–Crippen LogP) is 11.9. The average Bonchev–Trinajstić information content (AvgIpc) is 3.68. The molecule has 3 aliphatic carbocycles. The largest absolute Gasteiger partial charge is 0.122 e. The highest BCUT2D eigenvalue weighted by atomic mass is 32.2. The van der Waals surface area contributed by atoms with Gasteiger partial charge in [0, 0.05) is 16.1 Å². The van der Waals surface area contributed by atoms with Crippen LogP contribution in [0.3, 0.4) is 0 Å². The van der Waals surface area contributed by atoms with E-state index in [1.165, 1.54) is 42.4 Å². The second kappa shape index (κ2) is 10.4. The summed E-state index contributed by atoms with van der Waals surface area (Å²) < 4.78 is 0. The quantitative estimate of drug-likeness (QED) is 0.263. The third kappa shape index (κ3) is 4.66. The van der Waals surface area contributed by atoms with Crippen LogP contribution in [-0.4, -0.2) is 13.3 Å². The van der Waals surface area contributed by atoms with Gasteiger partial charge in [0.05, 0.1) is 8.07 Å². The lowest BCUT2D eigenvalue weighted by molar-refractivity contribution is 0.416. The molecule has 1 saturated carbocycles. The van der Waals surface area contributed by atoms with Crippen molar-refractivity contribution in [3.8, 4) is 11.1 Å². The van der Waals surface area contributed by atoms with E-state index in [0.717, 1.165) is 40.0 Å². The van der Waals surface area contributed by atoms with Crippen molar-refractivity contribution in [2.45, 2.75) is 139 Å². The van der Waals surface area contributed by atoms with E-state index in [1.54, 1.807) is 38.3 Å². The van der Waals surface area contributed by atoms with E-state index in [2.05, 4.69) is 136 Å². The van der Waals surface area contributed by atoms with Crippen LogP contribution in [0.5, 0.6) is 0 Å². The SMILES string of the molecule is CC1Cc2c(cc3c(c2-c2cc(C(C)(C)C)cc(C(C)(C)C)c2)CCC3)C1[Si](C)(C)C1C(C)C(C)C2c3ccccc3SC21. The van der Waals surface area contributed by atoms with Crippen molar-refractivity contribution < 1.29 is 0 Å². The minimum absolute atomic E-state index is 0.129. The van der Waals surface area contributed by atoms with Crippen LogP contribution in [0.1, 0.15) is 119 Å². The van der Waals surface area contributed by atoms with Crippen molar-refractivity contribution in [2.24, 2.45) is 17.8 Å². The number of hydrogen-bond donors (Lipinski definition) is 0. The Bertz CT molecular complexity index is 1580. The summed E-state index contributed by atoms with van der Waals surface area (Å²) in [4.78, 5) is 1.57. The van der Waals surface area contributed by atoms with Crippen LogP contribution >= 0.6 is 11.8 Å². The smallest absolute Gasteiger partial charge is 0.0600 e. The van der Waals surface area contributed by atoms with Crippen LogP contribution in [0.2, 0.25) is 18.6 Å². The molecular weight excluding hydrogens is 565 g/mol. The molecule has 1 aliphatic heterocycles. The van der Waals surface area contributed by atoms with Crippen molar-refractivity contribution in [1.29, 1.82) is 0 Å². The number of rotatable bonds is 3. The van der Waals surface area contributed by atoms with Gasteiger partial charge in [-0.15, -0.1) is 11.8 Å². The monoisotopic (exact) mass is 620 g/mol. The van der Waals surface area contributed by atoms with E-state index in [4.69, 9.17) is 0 Å². The Balaban J connectivity index is 1.37. The molecule has 0 N–H and O–H groups in total. The molecule has 7 unspecified atom stereocenters. The molecule has 1 heterocycles. The standard InChI is InChI=1S/C42H56SSi/c1-24-19-33-34(39(24)44(10,11)40-26(3)25(2)36-32-16-12-13-18-35(32)43-38(36)40)22-27-15-14-17-31(27)37(33)28-20-29(41(4,5)6)23-30(21-28)42(7,8)9/h12-13,16,18,20-26,36,38-40H,14-15,17,19H2,1-11H3. The molecule has 0 amide bonds. The Kier molecular flexibility index (Phi) is 7.27. The highest BCUT2D eigenvalue weighted by Crippen LogP contribution is 2.67. The topological polar surface area (TPSA) is 0 Å². The molecule has 1 fully saturated rings. The summed E-state index contributed by atoms with van der Waals surface area (Å²) >= 11 is 2.25. The maximum atomic E-state index is 2.81. The van der Waals surface area contributed by atoms with E-state index < -0.39 is 8.07 Å². The number of aryl methyl sites for hydroxylation is 1. The Labute approximate surface area is 274 Å². The van der Waals surface area contributed by atoms with Gasteiger partial charge in [-0.05, 0) is 121 Å². The Morgan fingerprint density at radius 3 is 2.07 bits per heavy atom. The van der Waals surface area contributed by atoms with Gasteiger partial charge >= 0.3 is 0 Å². The van der Waals surface area contributed by atoms with Crippen LogP contribution in [0.15, 0.2) is 53.4 Å². The Morgan fingerprint density at radius 1 is 0.750 bits per heavy atom. The summed E-state index contributed by atoms with van der Waals surface area (Å²) in [5.74, 6) is 2.99. The molecule has 7 atom stereocenters. The lowest BCUT2D eigenvalue weighted by Gasteiger charge is -2.43. The van der Waals surface area contributed by atoms with Crippen molar-refractivity contribution in [1.82, 2.24) is 0 Å². The number of fused-ring (bicyclic) bond motifs is 5. The van der Waals surface area contributed by atoms with Gasteiger partial charge in [-0.25, -0.2) is 0 Å². The second-order valence-electron chi connectivity index (χ2n) is 18.0. The van der Waals surface area contributed by atoms with Gasteiger partial charge in [0.25, 0.3) is 0 Å². The first-order valence-corrected chi connectivity index (χ1v) is 21.7. The van der Waals surface area contributed by atoms with Crippen molar-refractivity contribution in [3.05, 3.63) is 87.5 Å². The normalized spacial score (nSPS) is 29.5. The average molecular weight is 621 g/mol. The van der Waals surface area contributed by atoms with Gasteiger partial charge in [-0.3, -0.25) is 0 Å². The summed E-state index contributed by atoms with van der Waals surface area (Å²) in [6, 6.07) is 19.8. The molecule has 0 nitrogen and oxygen atoms in total. The lowest BCUT2D eigenvalue weighted by Crippen LogP contribution is -2.46. The number of thioether (sulfide) groups is 1. The fourth-order valence-electron chi connectivity index (χ4n) is 10.6. The predicted molar refractivity (Wildman–Crippen MR) is 195 cm³/mol. The van der Waals surface area contributed by atoms with Crippen molar-refractivity contribution in [2.75, 3.05) is 0 Å². The molecule has 3 aromatic carbocycles. The maximum Gasteiger partial charge on any atom is 0.0600 e. The van der Waals surface area contributed by atoms with E-state index in [0.29, 0.717) is 0 Å². The number of hydrogen-bond acceptors (Lipinski definition) is 1. The minimum atomic E-state index is -1.74. The molecule has 0 radical (unpaired) electrons. The Morgan fingerprint density at radius 2 is 1.41 bits per heavy atom. The van der Waals surface area contributed by atoms with Crippen LogP contribution in [-0.2, 0) is 30.1 Å². The molecule has 44 heavy (non-hydrogen) atoms. The molecule has 234 valence electrons. The molecule has 0 saturated heterocycles. The van der Waals surface area contributed by atoms with Crippen molar-refractivity contribution >= 4 is 19.8 Å². The Hall–Kier alpha value is -1.77. The highest BCUT2D eigenvalue weighted by Gasteiger charge is 2.59. The zero-order chi connectivity index (χ0) is 31.5. The van der Waals surface area contributed by atoms with E-state index in [-0.39, 0.29) is 10.8 Å². The molecule has 4 aliphatic rings. The maximum absolute atomic E-state index is 2.81. The summed E-state index contributed by atoms with van der Waals surface area (Å²) in [6.45, 7) is 27.8. The summed E-state index contributed by atoms with van der Waals surface area (Å²) in [5.41, 5.74) is 16.5. The van der Waals surface area contributed by atoms with E-state index in [1.807, 2.05) is 0 Å². The fourth-order valence-corrected chi connectivity index (χ4v) is 19.3. The molecule has 0 aromatic heterocycles. The fraction of sp³-hybridized carbons (Fsp3) is 0.571. The van der Waals surface area contributed by atoms with Gasteiger partial charge in [-0.1, -0.05) is 118 Å². The zero-order valence-electron chi connectivity index (χ0n) is 29.4. The van der Waals surface area contributed by atoms with Crippen LogP contribution < -0.4 is 0 Å². The van der Waals surface area contributed by atoms with Crippen LogP contribution in [0.25, 0.3) is 11.1 Å². The number of benzene rings is 3. The zero-order valence-corrected chi connectivity index (χ0v) is 31.2. The van der Waals surface area contributed by atoms with E-state index in [9.17, 15) is 0 Å². The second-order valence-corrected chi connectivity index (χ2v) is 24.1. The van der Waals surface area contributed by atoms with Gasteiger partial charge in [0.2, 0.25) is 0 Å². The highest BCUT2D eigenvalue weighted by molar-refractivity contribution is 8.00. The molecular formula is C42H56SSi. The first-order valence-electron chi connectivity index (χ1n) is 17.7. The molecule has 0 bridgehead atoms. The lowest BCUT2D eigenvalue weighted by atomic mass is 9.77. The minimum Gasteiger partial charge on any atom is -0.122 e. The summed E-state index contributed by atoms with van der Waals surface area (Å²) in [5, 5.41) is 0.752. The van der Waals surface area contributed by atoms with Crippen LogP contribution in [0, 0.1) is 17.8 Å². The summed E-state index contributed by atoms with van der Waals surface area (Å²) in [7, 11) is -1.74. The third-order valence-corrected chi connectivity index (χ3v) is 19.6. The molecule has 2 heteroatoms. The first-order chi connectivity index (χ1) is 20.6. The molecule has 3 aromatic rings. The molecule has 7 rings (SSSR count). The van der Waals surface area contributed by atoms with E-state index >= 15 is 0 Å². The van der Waals surface area contributed by atoms with Gasteiger partial charge in [0.15, 0.2) is 0 Å². The first kappa shape index (κ1) is 30.9. The summed E-state index contributed by atoms with van der Waals surface area (Å²) in [6.07, 6.45) is 5.07. The third-order valence-electron chi connectivity index (χ3n) is 12.8. The van der Waals surface area contributed by atoms with Gasteiger partial charge < -0.3 is 0 Å². The van der Waals surface area contributed by atoms with Gasteiger partial charge in [0.1, 0.15) is 0 Å². The molecule has 0 spiro atoms. The van der Waals surface area contributed by atoms with Crippen molar-refractivity contribution in [3.63, 3.8) is 0 Å².